The fourth-order valence-corrected chi connectivity index (χ4v) is 3.49. The fraction of sp³-hybridized carbons (Fsp3) is 0.391. The summed E-state index contributed by atoms with van der Waals surface area (Å²) in [6.45, 7) is 5.25. The van der Waals surface area contributed by atoms with Crippen LogP contribution in [0.3, 0.4) is 0 Å². The number of aliphatic hydroxyl groups is 1. The van der Waals surface area contributed by atoms with Crippen LogP contribution < -0.4 is 9.47 Å². The van der Waals surface area contributed by atoms with Crippen molar-refractivity contribution in [3.63, 3.8) is 0 Å². The van der Waals surface area contributed by atoms with E-state index in [0.717, 1.165) is 6.42 Å². The maximum absolute atomic E-state index is 13.1. The van der Waals surface area contributed by atoms with Crippen molar-refractivity contribution in [3.05, 3.63) is 59.3 Å². The van der Waals surface area contributed by atoms with Crippen molar-refractivity contribution in [2.75, 3.05) is 33.5 Å². The topological polar surface area (TPSA) is 98.4 Å². The Labute approximate surface area is 181 Å². The molecular formula is C23H27NO7. The van der Waals surface area contributed by atoms with Gasteiger partial charge in [0, 0.05) is 13.7 Å². The van der Waals surface area contributed by atoms with Gasteiger partial charge in [0.15, 0.2) is 23.0 Å². The predicted molar refractivity (Wildman–Crippen MR) is 112 cm³/mol. The third kappa shape index (κ3) is 4.59. The molecule has 1 N–H and O–H groups in total. The van der Waals surface area contributed by atoms with E-state index in [9.17, 15) is 14.7 Å². The molecular weight excluding hydrogens is 402 g/mol. The van der Waals surface area contributed by atoms with Gasteiger partial charge in [-0.25, -0.2) is 0 Å². The van der Waals surface area contributed by atoms with Crippen molar-refractivity contribution >= 4 is 11.7 Å². The summed E-state index contributed by atoms with van der Waals surface area (Å²) in [6.07, 6.45) is 2.21. The highest BCUT2D eigenvalue weighted by molar-refractivity contribution is 6.15. The average Bonchev–Trinajstić information content (AvgIpc) is 3.39. The highest BCUT2D eigenvalue weighted by atomic mass is 16.5. The largest absolute Gasteiger partial charge is 0.503 e. The first-order valence-corrected chi connectivity index (χ1v) is 10.2. The highest BCUT2D eigenvalue weighted by Gasteiger charge is 2.44. The van der Waals surface area contributed by atoms with Gasteiger partial charge in [0.1, 0.15) is 0 Å². The second-order valence-electron chi connectivity index (χ2n) is 6.95. The quantitative estimate of drug-likeness (QED) is 0.544. The van der Waals surface area contributed by atoms with Crippen molar-refractivity contribution in [2.45, 2.75) is 26.3 Å². The van der Waals surface area contributed by atoms with E-state index in [1.54, 1.807) is 24.3 Å². The smallest absolute Gasteiger partial charge is 0.290 e. The van der Waals surface area contributed by atoms with Crippen LogP contribution in [0.2, 0.25) is 0 Å². The summed E-state index contributed by atoms with van der Waals surface area (Å²) in [6, 6.07) is 7.50. The van der Waals surface area contributed by atoms with Gasteiger partial charge in [-0.1, -0.05) is 13.0 Å². The monoisotopic (exact) mass is 429 g/mol. The molecule has 0 spiro atoms. The number of aliphatic hydroxyl groups excluding tert-OH is 1. The van der Waals surface area contributed by atoms with Crippen LogP contribution in [-0.2, 0) is 9.53 Å². The molecule has 2 aromatic rings. The van der Waals surface area contributed by atoms with E-state index in [2.05, 4.69) is 0 Å². The van der Waals surface area contributed by atoms with Crippen molar-refractivity contribution in [3.8, 4) is 11.5 Å². The number of methoxy groups -OCH3 is 1. The maximum atomic E-state index is 13.1. The number of Topliss-reactive ketones (excluding diaryl/α,β-unsaturated/α-hetero) is 1. The Hall–Kier alpha value is -3.26. The molecule has 8 nitrogen and oxygen atoms in total. The molecule has 0 radical (unpaired) electrons. The summed E-state index contributed by atoms with van der Waals surface area (Å²) in [5, 5.41) is 10.6. The van der Waals surface area contributed by atoms with Gasteiger partial charge in [0.2, 0.25) is 5.78 Å². The van der Waals surface area contributed by atoms with E-state index in [4.69, 9.17) is 18.6 Å². The third-order valence-corrected chi connectivity index (χ3v) is 4.87. The zero-order valence-corrected chi connectivity index (χ0v) is 17.9. The second kappa shape index (κ2) is 10.2. The van der Waals surface area contributed by atoms with Gasteiger partial charge in [-0.2, -0.15) is 0 Å². The third-order valence-electron chi connectivity index (χ3n) is 4.87. The number of hydrogen-bond donors (Lipinski definition) is 1. The van der Waals surface area contributed by atoms with E-state index in [0.29, 0.717) is 30.3 Å². The lowest BCUT2D eigenvalue weighted by Crippen LogP contribution is -2.34. The van der Waals surface area contributed by atoms with Crippen molar-refractivity contribution in [1.29, 1.82) is 0 Å². The standard InChI is InChI=1S/C23H27NO7/c1-4-11-30-16-9-8-15(14-18(16)29-5-2)20-19(21(25)17-7-6-12-31-17)22(26)23(27)24(20)10-13-28-3/h6-9,12,14,20,26H,4-5,10-11,13H2,1-3H3. The Kier molecular flexibility index (Phi) is 7.36. The van der Waals surface area contributed by atoms with Crippen LogP contribution in [0.25, 0.3) is 0 Å². The van der Waals surface area contributed by atoms with Crippen LogP contribution in [0.15, 0.2) is 52.3 Å². The molecule has 1 atom stereocenters. The molecule has 3 rings (SSSR count). The first-order chi connectivity index (χ1) is 15.0. The molecule has 0 saturated heterocycles. The number of furan rings is 1. The van der Waals surface area contributed by atoms with Crippen LogP contribution in [0.4, 0.5) is 0 Å². The Bertz CT molecular complexity index is 949. The van der Waals surface area contributed by atoms with Crippen molar-refractivity contribution in [2.24, 2.45) is 0 Å². The second-order valence-corrected chi connectivity index (χ2v) is 6.95. The van der Waals surface area contributed by atoms with Gasteiger partial charge in [0.25, 0.3) is 5.91 Å². The minimum absolute atomic E-state index is 0.0410. The molecule has 0 saturated carbocycles. The van der Waals surface area contributed by atoms with E-state index >= 15 is 0 Å². The Morgan fingerprint density at radius 2 is 1.97 bits per heavy atom. The molecule has 0 aliphatic carbocycles. The molecule has 8 heteroatoms. The molecule has 1 amide bonds. The fourth-order valence-electron chi connectivity index (χ4n) is 3.49. The van der Waals surface area contributed by atoms with E-state index < -0.39 is 23.5 Å². The van der Waals surface area contributed by atoms with Gasteiger partial charge in [-0.3, -0.25) is 9.59 Å². The molecule has 1 aliphatic heterocycles. The van der Waals surface area contributed by atoms with Gasteiger partial charge >= 0.3 is 0 Å². The van der Waals surface area contributed by atoms with Gasteiger partial charge in [0.05, 0.1) is 37.7 Å². The van der Waals surface area contributed by atoms with E-state index in [1.165, 1.54) is 24.3 Å². The lowest BCUT2D eigenvalue weighted by Gasteiger charge is -2.27. The molecule has 31 heavy (non-hydrogen) atoms. The maximum Gasteiger partial charge on any atom is 0.290 e. The normalized spacial score (nSPS) is 16.2. The van der Waals surface area contributed by atoms with Crippen LogP contribution >= 0.6 is 0 Å². The number of nitrogens with zero attached hydrogens (tertiary/aromatic N) is 1. The summed E-state index contributed by atoms with van der Waals surface area (Å²) < 4.78 is 21.8. The van der Waals surface area contributed by atoms with Crippen LogP contribution in [0, 0.1) is 0 Å². The number of ether oxygens (including phenoxy) is 3. The number of rotatable bonds is 11. The predicted octanol–water partition coefficient (Wildman–Crippen LogP) is 3.69. The number of benzene rings is 1. The van der Waals surface area contributed by atoms with Crippen molar-refractivity contribution in [1.82, 2.24) is 4.90 Å². The Balaban J connectivity index is 2.07. The van der Waals surface area contributed by atoms with Gasteiger partial charge in [-0.15, -0.1) is 0 Å². The Morgan fingerprint density at radius 3 is 2.61 bits per heavy atom. The summed E-state index contributed by atoms with van der Waals surface area (Å²) in [5.41, 5.74) is 0.566. The lowest BCUT2D eigenvalue weighted by atomic mass is 9.94. The number of ketones is 1. The molecule has 1 aromatic heterocycles. The number of hydrogen-bond acceptors (Lipinski definition) is 7. The summed E-state index contributed by atoms with van der Waals surface area (Å²) in [4.78, 5) is 27.3. The molecule has 0 bridgehead atoms. The van der Waals surface area contributed by atoms with Crippen LogP contribution in [0.5, 0.6) is 11.5 Å². The van der Waals surface area contributed by atoms with Crippen LogP contribution in [-0.4, -0.2) is 55.2 Å². The van der Waals surface area contributed by atoms with E-state index in [-0.39, 0.29) is 24.5 Å². The number of amides is 1. The molecule has 1 aromatic carbocycles. The first kappa shape index (κ1) is 22.4. The molecule has 0 fully saturated rings. The Morgan fingerprint density at radius 1 is 1.16 bits per heavy atom. The average molecular weight is 429 g/mol. The summed E-state index contributed by atoms with van der Waals surface area (Å²) in [7, 11) is 1.52. The lowest BCUT2D eigenvalue weighted by molar-refractivity contribution is -0.130. The summed E-state index contributed by atoms with van der Waals surface area (Å²) >= 11 is 0. The minimum atomic E-state index is -0.820. The highest BCUT2D eigenvalue weighted by Crippen LogP contribution is 2.41. The van der Waals surface area contributed by atoms with Gasteiger partial charge in [-0.05, 0) is 43.2 Å². The minimum Gasteiger partial charge on any atom is -0.503 e. The zero-order valence-electron chi connectivity index (χ0n) is 17.9. The van der Waals surface area contributed by atoms with E-state index in [1.807, 2.05) is 13.8 Å². The molecule has 2 heterocycles. The number of carbonyl (C=O) groups is 2. The molecule has 1 unspecified atom stereocenters. The zero-order chi connectivity index (χ0) is 22.4. The summed E-state index contributed by atoms with van der Waals surface area (Å²) in [5.74, 6) is -0.657. The van der Waals surface area contributed by atoms with Crippen LogP contribution in [0.1, 0.15) is 42.4 Å². The first-order valence-electron chi connectivity index (χ1n) is 10.2. The van der Waals surface area contributed by atoms with Gasteiger partial charge < -0.3 is 28.6 Å². The number of carbonyl (C=O) groups excluding carboxylic acids is 2. The molecule has 1 aliphatic rings. The van der Waals surface area contributed by atoms with Crippen molar-refractivity contribution < 1.29 is 33.3 Å². The SMILES string of the molecule is CCCOc1ccc(C2C(C(=O)c3ccco3)=C(O)C(=O)N2CCOC)cc1OCC. The molecule has 166 valence electrons.